The predicted octanol–water partition coefficient (Wildman–Crippen LogP) is 3.61. The Morgan fingerprint density at radius 1 is 1.40 bits per heavy atom. The van der Waals surface area contributed by atoms with E-state index in [1.165, 1.54) is 0 Å². The monoisotopic (exact) mass is 404 g/mol. The summed E-state index contributed by atoms with van der Waals surface area (Å²) in [6.45, 7) is 5.97. The van der Waals surface area contributed by atoms with Gasteiger partial charge < -0.3 is 5.32 Å². The van der Waals surface area contributed by atoms with Crippen molar-refractivity contribution in [3.8, 4) is 0 Å². The van der Waals surface area contributed by atoms with Crippen molar-refractivity contribution in [2.45, 2.75) is 26.2 Å². The molecule has 7 heteroatoms. The number of amides is 1. The minimum Gasteiger partial charge on any atom is -0.318 e. The van der Waals surface area contributed by atoms with Crippen LogP contribution in [0.5, 0.6) is 0 Å². The van der Waals surface area contributed by atoms with E-state index in [1.54, 1.807) is 12.1 Å². The Hall–Kier alpha value is -1.15. The molecule has 20 heavy (non-hydrogen) atoms. The fraction of sp³-hybridized carbons (Fsp3) is 0.308. The van der Waals surface area contributed by atoms with Crippen LogP contribution in [0.1, 0.15) is 37.2 Å². The van der Waals surface area contributed by atoms with Crippen LogP contribution in [0.25, 0.3) is 0 Å². The zero-order valence-electron chi connectivity index (χ0n) is 11.3. The Morgan fingerprint density at radius 3 is 2.65 bits per heavy atom. The van der Waals surface area contributed by atoms with Gasteiger partial charge in [0.15, 0.2) is 0 Å². The summed E-state index contributed by atoms with van der Waals surface area (Å²) in [5.74, 6) is 0.376. The molecular formula is C13H14ClIN4O. The van der Waals surface area contributed by atoms with Gasteiger partial charge in [-0.3, -0.25) is 9.89 Å². The lowest BCUT2D eigenvalue weighted by molar-refractivity contribution is 0.101. The van der Waals surface area contributed by atoms with E-state index in [-0.39, 0.29) is 17.1 Å². The van der Waals surface area contributed by atoms with Crippen LogP contribution in [0, 0.1) is 3.57 Å². The van der Waals surface area contributed by atoms with Gasteiger partial charge in [0.25, 0.3) is 5.91 Å². The number of benzene rings is 1. The minimum atomic E-state index is -0.389. The van der Waals surface area contributed by atoms with Gasteiger partial charge >= 0.3 is 0 Å². The number of nitrogens with zero attached hydrogens (tertiary/aromatic N) is 2. The van der Waals surface area contributed by atoms with E-state index >= 15 is 0 Å². The number of aromatic amines is 1. The lowest BCUT2D eigenvalue weighted by Crippen LogP contribution is -2.16. The molecule has 1 amide bonds. The first kappa shape index (κ1) is 15.2. The number of H-pyrrole nitrogens is 1. The molecule has 2 N–H and O–H groups in total. The van der Waals surface area contributed by atoms with E-state index in [0.29, 0.717) is 16.5 Å². The minimum absolute atomic E-state index is 0.101. The topological polar surface area (TPSA) is 70.7 Å². The van der Waals surface area contributed by atoms with Gasteiger partial charge in [-0.1, -0.05) is 32.4 Å². The molecule has 0 aliphatic rings. The van der Waals surface area contributed by atoms with Crippen molar-refractivity contribution in [3.63, 3.8) is 0 Å². The van der Waals surface area contributed by atoms with Crippen molar-refractivity contribution in [1.29, 1.82) is 0 Å². The van der Waals surface area contributed by atoms with Crippen LogP contribution < -0.4 is 5.32 Å². The molecule has 0 saturated carbocycles. The summed E-state index contributed by atoms with van der Waals surface area (Å²) < 4.78 is 0.999. The highest BCUT2D eigenvalue weighted by Crippen LogP contribution is 2.24. The summed E-state index contributed by atoms with van der Waals surface area (Å²) in [6.07, 6.45) is 0. The molecule has 0 radical (unpaired) electrons. The van der Waals surface area contributed by atoms with Gasteiger partial charge in [0.1, 0.15) is 5.82 Å². The molecule has 0 saturated heterocycles. The van der Waals surface area contributed by atoms with Crippen molar-refractivity contribution in [2.24, 2.45) is 0 Å². The number of carbonyl (C=O) groups excluding carboxylic acids is 1. The molecule has 5 nitrogen and oxygen atoms in total. The van der Waals surface area contributed by atoms with Gasteiger partial charge in [0.2, 0.25) is 5.82 Å². The molecule has 1 aromatic heterocycles. The van der Waals surface area contributed by atoms with Gasteiger partial charge in [-0.05, 0) is 40.8 Å². The molecule has 0 aliphatic heterocycles. The summed E-state index contributed by atoms with van der Waals surface area (Å²) in [5.41, 5.74) is 0.352. The van der Waals surface area contributed by atoms with E-state index in [4.69, 9.17) is 11.6 Å². The first-order valence-electron chi connectivity index (χ1n) is 5.96. The van der Waals surface area contributed by atoms with Crippen molar-refractivity contribution in [2.75, 3.05) is 5.32 Å². The van der Waals surface area contributed by atoms with Crippen LogP contribution in [-0.2, 0) is 5.41 Å². The highest BCUT2D eigenvalue weighted by Gasteiger charge is 2.21. The largest absolute Gasteiger partial charge is 0.318 e. The third-order valence-corrected chi connectivity index (χ3v) is 3.56. The summed E-state index contributed by atoms with van der Waals surface area (Å²) >= 11 is 8.22. The summed E-state index contributed by atoms with van der Waals surface area (Å²) in [4.78, 5) is 16.3. The number of halogens is 2. The highest BCUT2D eigenvalue weighted by atomic mass is 127. The van der Waals surface area contributed by atoms with Crippen LogP contribution in [-0.4, -0.2) is 21.1 Å². The van der Waals surface area contributed by atoms with Crippen molar-refractivity contribution < 1.29 is 4.79 Å². The number of nitrogens with one attached hydrogen (secondary N) is 2. The third-order valence-electron chi connectivity index (χ3n) is 2.58. The maximum absolute atomic E-state index is 12.1. The number of anilines is 1. The lowest BCUT2D eigenvalue weighted by atomic mass is 9.96. The average molecular weight is 405 g/mol. The van der Waals surface area contributed by atoms with E-state index < -0.39 is 0 Å². The number of rotatable bonds is 2. The maximum Gasteiger partial charge on any atom is 0.295 e. The molecule has 0 spiro atoms. The maximum atomic E-state index is 12.1. The quantitative estimate of drug-likeness (QED) is 0.751. The zero-order chi connectivity index (χ0) is 14.9. The van der Waals surface area contributed by atoms with E-state index in [2.05, 4.69) is 43.1 Å². The molecule has 0 bridgehead atoms. The molecule has 0 atom stereocenters. The van der Waals surface area contributed by atoms with Crippen molar-refractivity contribution >= 4 is 45.8 Å². The summed E-state index contributed by atoms with van der Waals surface area (Å²) in [7, 11) is 0. The third kappa shape index (κ3) is 3.49. The Morgan fingerprint density at radius 2 is 2.10 bits per heavy atom. The molecular weight excluding hydrogens is 391 g/mol. The second-order valence-electron chi connectivity index (χ2n) is 5.34. The van der Waals surface area contributed by atoms with Crippen LogP contribution in [0.3, 0.4) is 0 Å². The summed E-state index contributed by atoms with van der Waals surface area (Å²) in [5, 5.41) is 9.90. The van der Waals surface area contributed by atoms with Crippen molar-refractivity contribution in [1.82, 2.24) is 15.2 Å². The smallest absolute Gasteiger partial charge is 0.295 e. The Balaban J connectivity index is 2.18. The van der Waals surface area contributed by atoms with E-state index in [0.717, 1.165) is 3.57 Å². The Kier molecular flexibility index (Phi) is 4.33. The molecule has 0 aliphatic carbocycles. The first-order valence-corrected chi connectivity index (χ1v) is 7.42. The second-order valence-corrected chi connectivity index (χ2v) is 6.99. The van der Waals surface area contributed by atoms with Gasteiger partial charge in [-0.2, -0.15) is 0 Å². The van der Waals surface area contributed by atoms with Crippen molar-refractivity contribution in [3.05, 3.63) is 38.4 Å². The second kappa shape index (κ2) is 5.69. The molecule has 106 valence electrons. The predicted molar refractivity (Wildman–Crippen MR) is 87.2 cm³/mol. The first-order chi connectivity index (χ1) is 9.27. The molecule has 2 rings (SSSR count). The zero-order valence-corrected chi connectivity index (χ0v) is 14.2. The van der Waals surface area contributed by atoms with E-state index in [9.17, 15) is 4.79 Å². The Bertz CT molecular complexity index is 648. The highest BCUT2D eigenvalue weighted by molar-refractivity contribution is 14.1. The fourth-order valence-electron chi connectivity index (χ4n) is 1.47. The van der Waals surface area contributed by atoms with Crippen LogP contribution in [0.15, 0.2) is 18.2 Å². The normalized spacial score (nSPS) is 11.4. The fourth-order valence-corrected chi connectivity index (χ4v) is 2.37. The SMILES string of the molecule is CC(C)(C)c1nc(C(=O)Nc2ccc(I)cc2Cl)n[nH]1. The lowest BCUT2D eigenvalue weighted by Gasteiger charge is -2.12. The molecule has 0 unspecified atom stereocenters. The van der Waals surface area contributed by atoms with Gasteiger partial charge in [0.05, 0.1) is 10.7 Å². The van der Waals surface area contributed by atoms with Crippen LogP contribution >= 0.6 is 34.2 Å². The number of aromatic nitrogens is 3. The Labute approximate surface area is 135 Å². The molecule has 0 fully saturated rings. The molecule has 1 heterocycles. The number of carbonyl (C=O) groups is 1. The molecule has 2 aromatic rings. The van der Waals surface area contributed by atoms with Crippen LogP contribution in [0.4, 0.5) is 5.69 Å². The van der Waals surface area contributed by atoms with Gasteiger partial charge in [-0.15, -0.1) is 5.10 Å². The van der Waals surface area contributed by atoms with Gasteiger partial charge in [0, 0.05) is 8.99 Å². The average Bonchev–Trinajstić information content (AvgIpc) is 2.82. The van der Waals surface area contributed by atoms with E-state index in [1.807, 2.05) is 26.8 Å². The summed E-state index contributed by atoms with van der Waals surface area (Å²) in [6, 6.07) is 5.39. The standard InChI is InChI=1S/C13H14ClIN4O/c1-13(2,3)12-17-10(18-19-12)11(20)16-9-5-4-7(15)6-8(9)14/h4-6H,1-3H3,(H,16,20)(H,17,18,19). The molecule has 1 aromatic carbocycles. The number of hydrogen-bond donors (Lipinski definition) is 2. The van der Waals surface area contributed by atoms with Gasteiger partial charge in [-0.25, -0.2) is 4.98 Å². The number of hydrogen-bond acceptors (Lipinski definition) is 3. The van der Waals surface area contributed by atoms with Crippen LogP contribution in [0.2, 0.25) is 5.02 Å².